The van der Waals surface area contributed by atoms with E-state index in [-0.39, 0.29) is 11.2 Å². The van der Waals surface area contributed by atoms with Gasteiger partial charge in [0.05, 0.1) is 11.9 Å². The third-order valence-corrected chi connectivity index (χ3v) is 6.27. The minimum Gasteiger partial charge on any atom is -0.494 e. The molecular formula is C26H27N5O2S. The summed E-state index contributed by atoms with van der Waals surface area (Å²) in [6.07, 6.45) is 3.48. The van der Waals surface area contributed by atoms with E-state index >= 15 is 0 Å². The summed E-state index contributed by atoms with van der Waals surface area (Å²) >= 11 is 1.39. The molecule has 0 spiro atoms. The highest BCUT2D eigenvalue weighted by Crippen LogP contribution is 2.31. The molecule has 0 radical (unpaired) electrons. The Kier molecular flexibility index (Phi) is 7.59. The van der Waals surface area contributed by atoms with Crippen molar-refractivity contribution < 1.29 is 9.53 Å². The van der Waals surface area contributed by atoms with Crippen molar-refractivity contribution in [2.75, 3.05) is 18.1 Å². The smallest absolute Gasteiger partial charge is 0.240 e. The van der Waals surface area contributed by atoms with Crippen LogP contribution in [0.15, 0.2) is 84.3 Å². The normalized spacial score (nSPS) is 11.7. The number of para-hydroxylation sites is 1. The second-order valence-electron chi connectivity index (χ2n) is 7.49. The number of nitrogens with zero attached hydrogens (tertiary/aromatic N) is 5. The van der Waals surface area contributed by atoms with E-state index < -0.39 is 0 Å². The lowest BCUT2D eigenvalue weighted by atomic mass is 10.2. The molecule has 1 unspecified atom stereocenters. The molecule has 7 nitrogen and oxygen atoms in total. The average Bonchev–Trinajstić information content (AvgIpc) is 3.29. The first-order valence-corrected chi connectivity index (χ1v) is 12.1. The fourth-order valence-corrected chi connectivity index (χ4v) is 4.55. The Hall–Kier alpha value is -3.65. The lowest BCUT2D eigenvalue weighted by Crippen LogP contribution is -2.36. The average molecular weight is 474 g/mol. The molecule has 1 atom stereocenters. The van der Waals surface area contributed by atoms with Gasteiger partial charge < -0.3 is 9.64 Å². The first kappa shape index (κ1) is 23.5. The van der Waals surface area contributed by atoms with Crippen LogP contribution < -0.4 is 9.64 Å². The predicted octanol–water partition coefficient (Wildman–Crippen LogP) is 5.26. The quantitative estimate of drug-likeness (QED) is 0.309. The van der Waals surface area contributed by atoms with Crippen molar-refractivity contribution in [3.63, 3.8) is 0 Å². The van der Waals surface area contributed by atoms with Crippen LogP contribution in [0.3, 0.4) is 0 Å². The van der Waals surface area contributed by atoms with Crippen molar-refractivity contribution in [3.05, 3.63) is 79.1 Å². The maximum Gasteiger partial charge on any atom is 0.240 e. The Morgan fingerprint density at radius 1 is 1.03 bits per heavy atom. The second-order valence-corrected chi connectivity index (χ2v) is 8.80. The Bertz CT molecular complexity index is 1210. The summed E-state index contributed by atoms with van der Waals surface area (Å²) < 4.78 is 7.55. The Balaban J connectivity index is 1.67. The van der Waals surface area contributed by atoms with Crippen LogP contribution in [0.25, 0.3) is 17.1 Å². The minimum absolute atomic E-state index is 0.0165. The summed E-state index contributed by atoms with van der Waals surface area (Å²) in [5.74, 6) is 1.47. The molecule has 34 heavy (non-hydrogen) atoms. The van der Waals surface area contributed by atoms with Gasteiger partial charge in [0.2, 0.25) is 5.91 Å². The van der Waals surface area contributed by atoms with Crippen LogP contribution in [-0.2, 0) is 4.79 Å². The molecule has 0 saturated carbocycles. The number of thioether (sulfide) groups is 1. The summed E-state index contributed by atoms with van der Waals surface area (Å²) in [4.78, 5) is 19.4. The van der Waals surface area contributed by atoms with Crippen molar-refractivity contribution in [2.24, 2.45) is 0 Å². The van der Waals surface area contributed by atoms with Gasteiger partial charge >= 0.3 is 0 Å². The maximum absolute atomic E-state index is 13.3. The van der Waals surface area contributed by atoms with Gasteiger partial charge in [-0.25, -0.2) is 0 Å². The number of aromatic nitrogens is 4. The molecule has 2 aromatic heterocycles. The van der Waals surface area contributed by atoms with Gasteiger partial charge in [0.25, 0.3) is 0 Å². The van der Waals surface area contributed by atoms with Crippen LogP contribution in [0.5, 0.6) is 5.75 Å². The molecule has 174 valence electrons. The number of carbonyl (C=O) groups is 1. The Labute approximate surface area is 203 Å². The number of benzene rings is 2. The predicted molar refractivity (Wildman–Crippen MR) is 136 cm³/mol. The van der Waals surface area contributed by atoms with Gasteiger partial charge in [-0.3, -0.25) is 14.3 Å². The number of anilines is 1. The van der Waals surface area contributed by atoms with E-state index in [2.05, 4.69) is 15.2 Å². The fraction of sp³-hybridized carbons (Fsp3) is 0.231. The molecule has 1 amide bonds. The van der Waals surface area contributed by atoms with Crippen LogP contribution >= 0.6 is 11.8 Å². The van der Waals surface area contributed by atoms with Crippen LogP contribution in [0.4, 0.5) is 5.69 Å². The monoisotopic (exact) mass is 473 g/mol. The molecule has 0 aliphatic rings. The first-order chi connectivity index (χ1) is 16.6. The van der Waals surface area contributed by atoms with E-state index in [4.69, 9.17) is 4.74 Å². The third-order valence-electron chi connectivity index (χ3n) is 5.24. The first-order valence-electron chi connectivity index (χ1n) is 11.2. The topological polar surface area (TPSA) is 73.1 Å². The standard InChI is InChI=1S/C26H27N5O2S/c1-4-30(21-11-7-6-8-12-21)25(32)19(3)34-26-29-28-24(20-10-9-17-27-18-20)31(26)22-13-15-23(16-14-22)33-5-2/h6-19H,4-5H2,1-3H3. The van der Waals surface area contributed by atoms with Crippen LogP contribution in [0.2, 0.25) is 0 Å². The molecule has 2 heterocycles. The SMILES string of the molecule is CCOc1ccc(-n2c(SC(C)C(=O)N(CC)c3ccccc3)nnc2-c2cccnc2)cc1. The summed E-state index contributed by atoms with van der Waals surface area (Å²) in [6, 6.07) is 21.3. The summed E-state index contributed by atoms with van der Waals surface area (Å²) in [5.41, 5.74) is 2.60. The molecule has 0 aliphatic heterocycles. The molecule has 0 N–H and O–H groups in total. The molecular weight excluding hydrogens is 446 g/mol. The molecule has 8 heteroatoms. The number of ether oxygens (including phenoxy) is 1. The molecule has 0 saturated heterocycles. The summed E-state index contributed by atoms with van der Waals surface area (Å²) in [5, 5.41) is 9.17. The highest BCUT2D eigenvalue weighted by Gasteiger charge is 2.25. The lowest BCUT2D eigenvalue weighted by Gasteiger charge is -2.24. The number of rotatable bonds is 9. The van der Waals surface area contributed by atoms with E-state index in [1.807, 2.05) is 92.1 Å². The van der Waals surface area contributed by atoms with Gasteiger partial charge in [-0.05, 0) is 69.3 Å². The van der Waals surface area contributed by atoms with E-state index in [1.165, 1.54) is 11.8 Å². The highest BCUT2D eigenvalue weighted by atomic mass is 32.2. The Morgan fingerprint density at radius 2 is 1.79 bits per heavy atom. The zero-order valence-corrected chi connectivity index (χ0v) is 20.3. The van der Waals surface area contributed by atoms with Gasteiger partial charge in [0, 0.05) is 35.9 Å². The molecule has 0 fully saturated rings. The number of hydrogen-bond donors (Lipinski definition) is 0. The molecule has 0 aliphatic carbocycles. The summed E-state index contributed by atoms with van der Waals surface area (Å²) in [6.45, 7) is 7.02. The molecule has 0 bridgehead atoms. The fourth-order valence-electron chi connectivity index (χ4n) is 3.62. The Morgan fingerprint density at radius 3 is 2.44 bits per heavy atom. The van der Waals surface area contributed by atoms with E-state index in [9.17, 15) is 4.79 Å². The van der Waals surface area contributed by atoms with E-state index in [0.29, 0.717) is 24.1 Å². The van der Waals surface area contributed by atoms with Crippen molar-refractivity contribution in [1.29, 1.82) is 0 Å². The van der Waals surface area contributed by atoms with Crippen molar-refractivity contribution in [1.82, 2.24) is 19.7 Å². The largest absolute Gasteiger partial charge is 0.494 e. The van der Waals surface area contributed by atoms with Crippen molar-refractivity contribution in [3.8, 4) is 22.8 Å². The third kappa shape index (κ3) is 5.12. The second kappa shape index (κ2) is 11.0. The minimum atomic E-state index is -0.368. The molecule has 2 aromatic carbocycles. The number of carbonyl (C=O) groups excluding carboxylic acids is 1. The van der Waals surface area contributed by atoms with Gasteiger partial charge in [0.15, 0.2) is 11.0 Å². The van der Waals surface area contributed by atoms with Crippen molar-refractivity contribution in [2.45, 2.75) is 31.2 Å². The van der Waals surface area contributed by atoms with Crippen LogP contribution in [0, 0.1) is 0 Å². The van der Waals surface area contributed by atoms with E-state index in [1.54, 1.807) is 17.3 Å². The zero-order valence-electron chi connectivity index (χ0n) is 19.5. The maximum atomic E-state index is 13.3. The van der Waals surface area contributed by atoms with Crippen molar-refractivity contribution >= 4 is 23.4 Å². The van der Waals surface area contributed by atoms with Gasteiger partial charge in [-0.15, -0.1) is 10.2 Å². The zero-order chi connectivity index (χ0) is 23.9. The molecule has 4 rings (SSSR count). The number of hydrogen-bond acceptors (Lipinski definition) is 6. The van der Waals surface area contributed by atoms with Crippen LogP contribution in [0.1, 0.15) is 20.8 Å². The lowest BCUT2D eigenvalue weighted by molar-refractivity contribution is -0.117. The number of pyridine rings is 1. The van der Waals surface area contributed by atoms with Crippen LogP contribution in [-0.4, -0.2) is 44.1 Å². The van der Waals surface area contributed by atoms with Gasteiger partial charge in [0.1, 0.15) is 5.75 Å². The highest BCUT2D eigenvalue weighted by molar-refractivity contribution is 8.00. The summed E-state index contributed by atoms with van der Waals surface area (Å²) in [7, 11) is 0. The van der Waals surface area contributed by atoms with E-state index in [0.717, 1.165) is 22.7 Å². The van der Waals surface area contributed by atoms with Gasteiger partial charge in [-0.2, -0.15) is 0 Å². The molecule has 4 aromatic rings. The van der Waals surface area contributed by atoms with Gasteiger partial charge in [-0.1, -0.05) is 30.0 Å². The number of amides is 1.